The molecule has 50 heavy (non-hydrogen) atoms. The Morgan fingerprint density at radius 1 is 1.00 bits per heavy atom. The number of aliphatic carboxylic acids is 1. The molecule has 2 aromatic heterocycles. The molecule has 7 rings (SSSR count). The second-order valence-electron chi connectivity index (χ2n) is 12.6. The fraction of sp³-hybridized carbons (Fsp3) is 0.361. The van der Waals surface area contributed by atoms with Crippen LogP contribution >= 0.6 is 0 Å². The van der Waals surface area contributed by atoms with Crippen LogP contribution in [0.4, 0.5) is 8.78 Å². The van der Waals surface area contributed by atoms with Gasteiger partial charge in [-0.05, 0) is 80.6 Å². The first kappa shape index (κ1) is 33.8. The lowest BCUT2D eigenvalue weighted by Crippen LogP contribution is -2.36. The lowest BCUT2D eigenvalue weighted by molar-refractivity contribution is -0.142. The summed E-state index contributed by atoms with van der Waals surface area (Å²) in [7, 11) is -3.35. The number of carboxylic acids is 1. The molecule has 5 aromatic rings. The summed E-state index contributed by atoms with van der Waals surface area (Å²) >= 11 is 0. The van der Waals surface area contributed by atoms with Crippen molar-refractivity contribution in [3.05, 3.63) is 76.7 Å². The van der Waals surface area contributed by atoms with Crippen molar-refractivity contribution in [2.24, 2.45) is 0 Å². The second-order valence-corrected chi connectivity index (χ2v) is 14.9. The Kier molecular flexibility index (Phi) is 8.95. The number of sulfonamides is 1. The standard InChI is InChI=1S/C36H36F2N4O7S/c1-4-50(45,46)42-15-13-30-28(19-42)40-34(47-30)26-11-6-9-24(21(26)3)23-8-5-10-25(20(23)2)33-39-27-16-22(18-41-14-7-12-29(41)35(43)44)31(49-36(37)38)17-32(27)48-33/h5-6,8-11,16-17,29,36H,4,7,12-15,18-19H2,1-3H3,(H,43,44). The molecule has 0 amide bonds. The molecule has 0 saturated carbocycles. The zero-order chi connectivity index (χ0) is 35.3. The summed E-state index contributed by atoms with van der Waals surface area (Å²) in [6.45, 7) is 3.66. The molecule has 11 nitrogen and oxygen atoms in total. The van der Waals surface area contributed by atoms with Crippen molar-refractivity contribution in [1.29, 1.82) is 0 Å². The van der Waals surface area contributed by atoms with E-state index >= 15 is 0 Å². The molecule has 0 aliphatic carbocycles. The number of halogens is 2. The molecular formula is C36H36F2N4O7S. The summed E-state index contributed by atoms with van der Waals surface area (Å²) in [5, 5.41) is 9.63. The maximum atomic E-state index is 13.4. The molecular weight excluding hydrogens is 670 g/mol. The summed E-state index contributed by atoms with van der Waals surface area (Å²) in [5.41, 5.74) is 6.84. The van der Waals surface area contributed by atoms with Crippen molar-refractivity contribution >= 4 is 27.1 Å². The normalized spacial score (nSPS) is 17.1. The van der Waals surface area contributed by atoms with E-state index in [-0.39, 0.29) is 30.2 Å². The molecule has 1 atom stereocenters. The van der Waals surface area contributed by atoms with E-state index in [2.05, 4.69) is 0 Å². The molecule has 0 bridgehead atoms. The minimum Gasteiger partial charge on any atom is -0.480 e. The topological polar surface area (TPSA) is 139 Å². The molecule has 0 spiro atoms. The molecule has 14 heteroatoms. The van der Waals surface area contributed by atoms with Crippen LogP contribution in [0.1, 0.15) is 47.9 Å². The van der Waals surface area contributed by atoms with Crippen LogP contribution < -0.4 is 4.74 Å². The van der Waals surface area contributed by atoms with E-state index in [0.29, 0.717) is 72.2 Å². The SMILES string of the molecule is CCS(=O)(=O)N1CCc2oc(-c3cccc(-c4cccc(-c5nc6cc(CN7CCCC7C(=O)O)c(OC(F)F)cc6o5)c4C)c3C)nc2C1. The number of carboxylic acid groups (broad SMARTS) is 1. The van der Waals surface area contributed by atoms with E-state index in [4.69, 9.17) is 23.5 Å². The number of ether oxygens (including phenoxy) is 1. The third-order valence-electron chi connectivity index (χ3n) is 9.68. The number of alkyl halides is 2. The summed E-state index contributed by atoms with van der Waals surface area (Å²) in [4.78, 5) is 22.9. The van der Waals surface area contributed by atoms with Gasteiger partial charge in [0, 0.05) is 42.3 Å². The second kappa shape index (κ2) is 13.2. The Morgan fingerprint density at radius 2 is 1.66 bits per heavy atom. The molecule has 1 unspecified atom stereocenters. The lowest BCUT2D eigenvalue weighted by Gasteiger charge is -2.23. The van der Waals surface area contributed by atoms with E-state index in [0.717, 1.165) is 27.8 Å². The number of aromatic nitrogens is 2. The highest BCUT2D eigenvalue weighted by molar-refractivity contribution is 7.89. The van der Waals surface area contributed by atoms with Crippen molar-refractivity contribution in [3.63, 3.8) is 0 Å². The van der Waals surface area contributed by atoms with Crippen LogP contribution in [0.25, 0.3) is 45.1 Å². The smallest absolute Gasteiger partial charge is 0.387 e. The number of likely N-dealkylation sites (tertiary alicyclic amines) is 1. The van der Waals surface area contributed by atoms with Gasteiger partial charge in [-0.1, -0.05) is 24.3 Å². The van der Waals surface area contributed by atoms with E-state index in [1.54, 1.807) is 17.9 Å². The number of carbonyl (C=O) groups is 1. The van der Waals surface area contributed by atoms with Gasteiger partial charge in [-0.2, -0.15) is 13.1 Å². The van der Waals surface area contributed by atoms with Gasteiger partial charge in [0.15, 0.2) is 5.58 Å². The number of oxazole rings is 2. The van der Waals surface area contributed by atoms with Gasteiger partial charge in [-0.15, -0.1) is 0 Å². The first-order valence-corrected chi connectivity index (χ1v) is 18.1. The van der Waals surface area contributed by atoms with Gasteiger partial charge in [0.2, 0.25) is 21.8 Å². The van der Waals surface area contributed by atoms with Crippen molar-refractivity contribution in [3.8, 4) is 39.8 Å². The van der Waals surface area contributed by atoms with Crippen molar-refractivity contribution < 1.29 is 40.7 Å². The third kappa shape index (κ3) is 6.27. The summed E-state index contributed by atoms with van der Waals surface area (Å²) < 4.78 is 70.4. The molecule has 1 fully saturated rings. The van der Waals surface area contributed by atoms with E-state index in [1.165, 1.54) is 10.4 Å². The first-order valence-electron chi connectivity index (χ1n) is 16.5. The fourth-order valence-corrected chi connectivity index (χ4v) is 8.04. The number of fused-ring (bicyclic) bond motifs is 2. The number of benzene rings is 3. The van der Waals surface area contributed by atoms with Crippen LogP contribution in [-0.4, -0.2) is 70.2 Å². The van der Waals surface area contributed by atoms with E-state index in [1.807, 2.05) is 50.2 Å². The van der Waals surface area contributed by atoms with Crippen LogP contribution in [0.3, 0.4) is 0 Å². The maximum Gasteiger partial charge on any atom is 0.387 e. The number of hydrogen-bond acceptors (Lipinski definition) is 9. The molecule has 3 aromatic carbocycles. The molecule has 0 radical (unpaired) electrons. The van der Waals surface area contributed by atoms with Crippen LogP contribution in [-0.2, 0) is 34.3 Å². The average molecular weight is 707 g/mol. The zero-order valence-electron chi connectivity index (χ0n) is 27.8. The predicted molar refractivity (Wildman–Crippen MR) is 181 cm³/mol. The molecule has 262 valence electrons. The van der Waals surface area contributed by atoms with Gasteiger partial charge in [0.25, 0.3) is 0 Å². The molecule has 1 saturated heterocycles. The van der Waals surface area contributed by atoms with Crippen LogP contribution in [0, 0.1) is 13.8 Å². The summed E-state index contributed by atoms with van der Waals surface area (Å²) in [5.74, 6) is 0.407. The Labute approximate surface area is 287 Å². The van der Waals surface area contributed by atoms with Crippen molar-refractivity contribution in [2.75, 3.05) is 18.8 Å². The lowest BCUT2D eigenvalue weighted by atomic mass is 9.91. The maximum absolute atomic E-state index is 13.4. The Hall–Kier alpha value is -4.66. The molecule has 2 aliphatic heterocycles. The highest BCUT2D eigenvalue weighted by Crippen LogP contribution is 2.39. The van der Waals surface area contributed by atoms with Crippen molar-refractivity contribution in [2.45, 2.75) is 65.8 Å². The van der Waals surface area contributed by atoms with Crippen LogP contribution in [0.5, 0.6) is 5.75 Å². The van der Waals surface area contributed by atoms with Crippen molar-refractivity contribution in [1.82, 2.24) is 19.2 Å². The van der Waals surface area contributed by atoms with Gasteiger partial charge >= 0.3 is 12.6 Å². The third-order valence-corrected chi connectivity index (χ3v) is 11.5. The molecule has 2 aliphatic rings. The quantitative estimate of drug-likeness (QED) is 0.165. The Balaban J connectivity index is 1.22. The highest BCUT2D eigenvalue weighted by atomic mass is 32.2. The molecule has 1 N–H and O–H groups in total. The minimum absolute atomic E-state index is 0.0269. The van der Waals surface area contributed by atoms with Gasteiger partial charge in [-0.3, -0.25) is 9.69 Å². The van der Waals surface area contributed by atoms with Crippen LogP contribution in [0.15, 0.2) is 57.4 Å². The fourth-order valence-electron chi connectivity index (χ4n) is 6.98. The average Bonchev–Trinajstić information content (AvgIpc) is 3.83. The van der Waals surface area contributed by atoms with Gasteiger partial charge in [0.1, 0.15) is 23.1 Å². The number of hydrogen-bond donors (Lipinski definition) is 1. The Morgan fingerprint density at radius 3 is 2.30 bits per heavy atom. The Bertz CT molecular complexity index is 2220. The largest absolute Gasteiger partial charge is 0.480 e. The van der Waals surface area contributed by atoms with E-state index < -0.39 is 28.6 Å². The first-order chi connectivity index (χ1) is 23.9. The summed E-state index contributed by atoms with van der Waals surface area (Å²) in [6, 6.07) is 13.9. The van der Waals surface area contributed by atoms with Gasteiger partial charge in [0.05, 0.1) is 18.0 Å². The monoisotopic (exact) mass is 706 g/mol. The number of nitrogens with zero attached hydrogens (tertiary/aromatic N) is 4. The van der Waals surface area contributed by atoms with E-state index in [9.17, 15) is 27.1 Å². The van der Waals surface area contributed by atoms with Gasteiger partial charge < -0.3 is 18.7 Å². The summed E-state index contributed by atoms with van der Waals surface area (Å²) in [6.07, 6.45) is 1.63. The minimum atomic E-state index is -3.35. The predicted octanol–water partition coefficient (Wildman–Crippen LogP) is 6.79. The van der Waals surface area contributed by atoms with Gasteiger partial charge in [-0.25, -0.2) is 18.4 Å². The molecule has 4 heterocycles. The number of rotatable bonds is 10. The zero-order valence-corrected chi connectivity index (χ0v) is 28.6. The highest BCUT2D eigenvalue weighted by Gasteiger charge is 2.32. The van der Waals surface area contributed by atoms with Crippen LogP contribution in [0.2, 0.25) is 0 Å².